The van der Waals surface area contributed by atoms with Gasteiger partial charge >= 0.3 is 0 Å². The van der Waals surface area contributed by atoms with Gasteiger partial charge in [-0.2, -0.15) is 0 Å². The van der Waals surface area contributed by atoms with Gasteiger partial charge in [-0.3, -0.25) is 4.99 Å². The van der Waals surface area contributed by atoms with E-state index in [-0.39, 0.29) is 11.5 Å². The second-order valence-corrected chi connectivity index (χ2v) is 7.70. The van der Waals surface area contributed by atoms with Crippen LogP contribution in [0.5, 0.6) is 0 Å². The number of allylic oxidation sites excluding steroid dienone is 6. The highest BCUT2D eigenvalue weighted by molar-refractivity contribution is 5.96. The molecule has 1 unspecified atom stereocenters. The molecular formula is C26H39F2N3. The zero-order valence-corrected chi connectivity index (χ0v) is 19.8. The minimum Gasteiger partial charge on any atom is -0.402 e. The maximum Gasteiger partial charge on any atom is 0.265 e. The Morgan fingerprint density at radius 1 is 1.29 bits per heavy atom. The lowest BCUT2D eigenvalue weighted by Crippen LogP contribution is -2.16. The van der Waals surface area contributed by atoms with Gasteiger partial charge in [0, 0.05) is 46.7 Å². The first-order valence-electron chi connectivity index (χ1n) is 11.4. The van der Waals surface area contributed by atoms with Gasteiger partial charge in [-0.05, 0) is 55.4 Å². The summed E-state index contributed by atoms with van der Waals surface area (Å²) < 4.78 is 26.2. The first-order valence-corrected chi connectivity index (χ1v) is 11.4. The third-order valence-corrected chi connectivity index (χ3v) is 5.27. The van der Waals surface area contributed by atoms with E-state index >= 15 is 0 Å². The summed E-state index contributed by atoms with van der Waals surface area (Å²) in [5, 5.41) is 0. The largest absolute Gasteiger partial charge is 0.402 e. The lowest BCUT2D eigenvalue weighted by Gasteiger charge is -2.25. The van der Waals surface area contributed by atoms with Gasteiger partial charge in [0.25, 0.3) is 6.43 Å². The Balaban J connectivity index is 0.00000233. The first kappa shape index (κ1) is 26.6. The molecule has 0 amide bonds. The first-order chi connectivity index (χ1) is 14.8. The molecular weight excluding hydrogens is 392 g/mol. The average Bonchev–Trinajstić information content (AvgIpc) is 3.60. The summed E-state index contributed by atoms with van der Waals surface area (Å²) in [6.07, 6.45) is 10.7. The molecule has 1 aliphatic carbocycles. The predicted octanol–water partition coefficient (Wildman–Crippen LogP) is 7.48. The number of halogens is 2. The molecule has 1 heterocycles. The van der Waals surface area contributed by atoms with Crippen LogP contribution >= 0.6 is 0 Å². The van der Waals surface area contributed by atoms with Gasteiger partial charge in [0.05, 0.1) is 0 Å². The van der Waals surface area contributed by atoms with Crippen LogP contribution in [0.15, 0.2) is 77.0 Å². The van der Waals surface area contributed by atoms with E-state index in [9.17, 15) is 8.78 Å². The summed E-state index contributed by atoms with van der Waals surface area (Å²) in [5.41, 5.74) is 10.4. The van der Waals surface area contributed by atoms with Crippen molar-refractivity contribution in [3.8, 4) is 0 Å². The standard InChI is InChI=1S/C24H33F2N3.C2H6/c1-6-8-20(14-29-15-21(24(25)26)10-9-16(29)3)17(4)18(5)28-22(7-2)13-23(27)19-11-12-19;1-2/h9-10,13-15,17,19,24H,3,5-8,11-12,27H2,1-2,4H3;1-2H3/b20-14+,23-13-,28-22?;. The molecule has 0 bridgehead atoms. The fourth-order valence-electron chi connectivity index (χ4n) is 3.11. The van der Waals surface area contributed by atoms with E-state index in [0.717, 1.165) is 54.8 Å². The lowest BCUT2D eigenvalue weighted by molar-refractivity contribution is 0.192. The molecule has 2 aliphatic rings. The van der Waals surface area contributed by atoms with Gasteiger partial charge in [-0.1, -0.05) is 54.2 Å². The monoisotopic (exact) mass is 431 g/mol. The van der Waals surface area contributed by atoms with E-state index in [1.54, 1.807) is 11.0 Å². The second-order valence-electron chi connectivity index (χ2n) is 7.70. The van der Waals surface area contributed by atoms with Gasteiger partial charge in [0.1, 0.15) is 0 Å². The van der Waals surface area contributed by atoms with Crippen molar-refractivity contribution in [2.45, 2.75) is 73.1 Å². The minimum atomic E-state index is -2.52. The van der Waals surface area contributed by atoms with Crippen LogP contribution in [-0.4, -0.2) is 17.0 Å². The maximum atomic E-state index is 13.1. The van der Waals surface area contributed by atoms with Crippen LogP contribution in [0.4, 0.5) is 8.78 Å². The van der Waals surface area contributed by atoms with E-state index in [1.165, 1.54) is 12.3 Å². The Morgan fingerprint density at radius 3 is 2.45 bits per heavy atom. The number of nitrogens with zero attached hydrogens (tertiary/aromatic N) is 2. The summed E-state index contributed by atoms with van der Waals surface area (Å²) in [4.78, 5) is 6.41. The Bertz CT molecular complexity index is 780. The number of nitrogens with two attached hydrogens (primary N) is 1. The Labute approximate surface area is 187 Å². The molecule has 0 spiro atoms. The quantitative estimate of drug-likeness (QED) is 0.364. The van der Waals surface area contributed by atoms with Crippen molar-refractivity contribution in [1.82, 2.24) is 4.90 Å². The van der Waals surface area contributed by atoms with Crippen LogP contribution in [0.25, 0.3) is 0 Å². The fourth-order valence-corrected chi connectivity index (χ4v) is 3.11. The number of hydrogen-bond donors (Lipinski definition) is 1. The maximum absolute atomic E-state index is 13.1. The van der Waals surface area contributed by atoms with Crippen molar-refractivity contribution < 1.29 is 8.78 Å². The van der Waals surface area contributed by atoms with Crippen LogP contribution in [-0.2, 0) is 0 Å². The van der Waals surface area contributed by atoms with Gasteiger partial charge in [0.15, 0.2) is 0 Å². The van der Waals surface area contributed by atoms with Crippen molar-refractivity contribution in [2.75, 3.05) is 0 Å². The van der Waals surface area contributed by atoms with Crippen molar-refractivity contribution in [3.63, 3.8) is 0 Å². The van der Waals surface area contributed by atoms with Gasteiger partial charge < -0.3 is 10.6 Å². The molecule has 0 aromatic carbocycles. The summed E-state index contributed by atoms with van der Waals surface area (Å²) in [6.45, 7) is 18.3. The van der Waals surface area contributed by atoms with E-state index in [4.69, 9.17) is 10.7 Å². The van der Waals surface area contributed by atoms with Crippen LogP contribution in [0.2, 0.25) is 0 Å². The van der Waals surface area contributed by atoms with E-state index in [2.05, 4.69) is 33.9 Å². The fraction of sp³-hybridized carbons (Fsp3) is 0.500. The van der Waals surface area contributed by atoms with Crippen molar-refractivity contribution in [1.29, 1.82) is 0 Å². The Hall–Kier alpha value is -2.43. The third kappa shape index (κ3) is 8.31. The average molecular weight is 432 g/mol. The highest BCUT2D eigenvalue weighted by atomic mass is 19.3. The summed E-state index contributed by atoms with van der Waals surface area (Å²) in [6, 6.07) is 0. The third-order valence-electron chi connectivity index (χ3n) is 5.27. The van der Waals surface area contributed by atoms with Crippen molar-refractivity contribution >= 4 is 5.71 Å². The van der Waals surface area contributed by atoms with E-state index < -0.39 is 6.43 Å². The van der Waals surface area contributed by atoms with Crippen molar-refractivity contribution in [2.24, 2.45) is 22.6 Å². The predicted molar refractivity (Wildman–Crippen MR) is 130 cm³/mol. The molecule has 2 N–H and O–H groups in total. The number of rotatable bonds is 10. The van der Waals surface area contributed by atoms with E-state index in [1.807, 2.05) is 26.1 Å². The topological polar surface area (TPSA) is 41.6 Å². The number of alkyl halides is 2. The number of hydrogen-bond acceptors (Lipinski definition) is 3. The molecule has 172 valence electrons. The normalized spacial score (nSPS) is 18.6. The smallest absolute Gasteiger partial charge is 0.265 e. The molecule has 31 heavy (non-hydrogen) atoms. The van der Waals surface area contributed by atoms with Crippen molar-refractivity contribution in [3.05, 3.63) is 72.0 Å². The lowest BCUT2D eigenvalue weighted by atomic mass is 9.94. The number of aliphatic imine (C=N–C) groups is 1. The second kappa shape index (κ2) is 13.1. The zero-order chi connectivity index (χ0) is 23.6. The molecule has 0 radical (unpaired) electrons. The molecule has 1 fully saturated rings. The van der Waals surface area contributed by atoms with Crippen LogP contribution in [0.1, 0.15) is 66.7 Å². The highest BCUT2D eigenvalue weighted by Crippen LogP contribution is 2.34. The molecule has 1 atom stereocenters. The Kier molecular flexibility index (Phi) is 11.2. The van der Waals surface area contributed by atoms with Gasteiger partial charge in [0.2, 0.25) is 0 Å². The molecule has 1 aliphatic heterocycles. The Morgan fingerprint density at radius 2 is 1.94 bits per heavy atom. The van der Waals surface area contributed by atoms with Crippen LogP contribution in [0.3, 0.4) is 0 Å². The molecule has 0 aromatic rings. The van der Waals surface area contributed by atoms with Crippen LogP contribution in [0, 0.1) is 11.8 Å². The molecule has 0 aromatic heterocycles. The molecule has 5 heteroatoms. The van der Waals surface area contributed by atoms with Gasteiger partial charge in [-0.15, -0.1) is 0 Å². The summed E-state index contributed by atoms with van der Waals surface area (Å²) in [7, 11) is 0. The summed E-state index contributed by atoms with van der Waals surface area (Å²) in [5.74, 6) is 0.483. The zero-order valence-electron chi connectivity index (χ0n) is 19.8. The van der Waals surface area contributed by atoms with Crippen LogP contribution < -0.4 is 5.73 Å². The van der Waals surface area contributed by atoms with Gasteiger partial charge in [-0.25, -0.2) is 8.78 Å². The minimum absolute atomic E-state index is 0.0193. The van der Waals surface area contributed by atoms with E-state index in [0.29, 0.717) is 11.6 Å². The molecule has 2 rings (SSSR count). The highest BCUT2D eigenvalue weighted by Gasteiger charge is 2.24. The molecule has 0 saturated heterocycles. The molecule has 1 saturated carbocycles. The molecule has 3 nitrogen and oxygen atoms in total. The summed E-state index contributed by atoms with van der Waals surface area (Å²) >= 11 is 0. The SMILES string of the molecule is C=C(N=C(/C=C(\N)C1CC1)CC)C(C)/C(=C/N1C=C(C(F)F)C=CC1=C)CCC.CC.